The zero-order valence-electron chi connectivity index (χ0n) is 22.8. The Morgan fingerprint density at radius 2 is 1.07 bits per heavy atom. The van der Waals surface area contributed by atoms with Crippen LogP contribution in [-0.2, 0) is 11.1 Å². The molecule has 1 aromatic carbocycles. The lowest BCUT2D eigenvalue weighted by Crippen LogP contribution is -2.41. The van der Waals surface area contributed by atoms with Crippen LogP contribution in [0.3, 0.4) is 0 Å². The van der Waals surface area contributed by atoms with Crippen LogP contribution in [0.5, 0.6) is 0 Å². The molecule has 202 valence electrons. The highest BCUT2D eigenvalue weighted by molar-refractivity contribution is 5.79. The summed E-state index contributed by atoms with van der Waals surface area (Å²) in [5.41, 5.74) is 6.59. The van der Waals surface area contributed by atoms with Crippen molar-refractivity contribution >= 4 is 5.57 Å². The second kappa shape index (κ2) is 10.7. The van der Waals surface area contributed by atoms with E-state index in [9.17, 15) is 0 Å². The zero-order valence-corrected chi connectivity index (χ0v) is 22.8. The van der Waals surface area contributed by atoms with E-state index in [0.29, 0.717) is 0 Å². The molecular weight excluding hydrogens is 516 g/mol. The van der Waals surface area contributed by atoms with Crippen molar-refractivity contribution in [3.8, 4) is 11.1 Å². The molecule has 0 saturated heterocycles. The number of benzene rings is 1. The first-order chi connectivity index (χ1) is 20.8. The van der Waals surface area contributed by atoms with Gasteiger partial charge in [-0.1, -0.05) is 48.5 Å². The maximum Gasteiger partial charge on any atom is 0.141 e. The van der Waals surface area contributed by atoms with Crippen molar-refractivity contribution in [3.63, 3.8) is 0 Å². The van der Waals surface area contributed by atoms with Crippen LogP contribution in [0, 0.1) is 0 Å². The number of rotatable bonds is 6. The Labute approximate surface area is 245 Å². The summed E-state index contributed by atoms with van der Waals surface area (Å²) < 4.78 is 0. The maximum absolute atomic E-state index is 4.78. The fourth-order valence-electron chi connectivity index (χ4n) is 5.59. The highest BCUT2D eigenvalue weighted by Crippen LogP contribution is 2.36. The minimum Gasteiger partial charge on any atom is -0.372 e. The minimum absolute atomic E-state index is 0.642. The molecule has 6 heteroatoms. The molecule has 0 spiro atoms. The normalized spacial score (nSPS) is 18.5. The molecule has 7 rings (SSSR count). The Balaban J connectivity index is 1.24. The Bertz CT molecular complexity index is 1770. The van der Waals surface area contributed by atoms with Crippen LogP contribution in [0.2, 0.25) is 0 Å². The van der Waals surface area contributed by atoms with E-state index in [1.54, 1.807) is 0 Å². The lowest BCUT2D eigenvalue weighted by molar-refractivity contribution is 0.533. The molecule has 6 heterocycles. The lowest BCUT2D eigenvalue weighted by Gasteiger charge is -2.33. The van der Waals surface area contributed by atoms with E-state index >= 15 is 0 Å². The van der Waals surface area contributed by atoms with Gasteiger partial charge in [-0.15, -0.1) is 0 Å². The molecule has 4 aromatic heterocycles. The van der Waals surface area contributed by atoms with Crippen LogP contribution < -0.4 is 10.6 Å². The molecule has 2 aliphatic heterocycles. The van der Waals surface area contributed by atoms with E-state index in [0.717, 1.165) is 45.0 Å². The van der Waals surface area contributed by atoms with Crippen molar-refractivity contribution in [2.75, 3.05) is 0 Å². The van der Waals surface area contributed by atoms with Gasteiger partial charge >= 0.3 is 0 Å². The first-order valence-electron chi connectivity index (χ1n) is 13.9. The maximum atomic E-state index is 4.78. The Hall–Kier alpha value is -5.62. The van der Waals surface area contributed by atoms with Crippen LogP contribution in [0.25, 0.3) is 16.7 Å². The molecular formula is C36H28N6. The fraction of sp³-hybridized carbons (Fsp3) is 0.0556. The number of aromatic nitrogens is 4. The van der Waals surface area contributed by atoms with Crippen LogP contribution in [0.15, 0.2) is 159 Å². The summed E-state index contributed by atoms with van der Waals surface area (Å²) >= 11 is 0. The van der Waals surface area contributed by atoms with Gasteiger partial charge in [0.2, 0.25) is 0 Å². The van der Waals surface area contributed by atoms with E-state index in [1.807, 2.05) is 110 Å². The largest absolute Gasteiger partial charge is 0.372 e. The molecule has 0 aliphatic carbocycles. The van der Waals surface area contributed by atoms with Crippen LogP contribution in [-0.4, -0.2) is 19.9 Å². The molecule has 0 radical (unpaired) electrons. The van der Waals surface area contributed by atoms with Crippen LogP contribution in [0.4, 0.5) is 0 Å². The number of dihydropyridines is 2. The molecule has 1 atom stereocenters. The average molecular weight is 545 g/mol. The summed E-state index contributed by atoms with van der Waals surface area (Å²) in [5, 5.41) is 7.05. The van der Waals surface area contributed by atoms with Crippen molar-refractivity contribution in [2.24, 2.45) is 0 Å². The molecule has 2 N–H and O–H groups in total. The topological polar surface area (TPSA) is 75.6 Å². The van der Waals surface area contributed by atoms with Gasteiger partial charge in [-0.2, -0.15) is 0 Å². The first kappa shape index (κ1) is 25.4. The summed E-state index contributed by atoms with van der Waals surface area (Å²) in [6, 6.07) is 30.7. The Kier molecular flexibility index (Phi) is 6.49. The lowest BCUT2D eigenvalue weighted by atomic mass is 9.84. The molecule has 42 heavy (non-hydrogen) atoms. The van der Waals surface area contributed by atoms with Crippen molar-refractivity contribution in [2.45, 2.75) is 11.1 Å². The highest BCUT2D eigenvalue weighted by atomic mass is 15.0. The summed E-state index contributed by atoms with van der Waals surface area (Å²) in [6.45, 7) is 0. The molecule has 2 aliphatic rings. The third-order valence-electron chi connectivity index (χ3n) is 7.73. The van der Waals surface area contributed by atoms with Crippen molar-refractivity contribution in [1.82, 2.24) is 30.6 Å². The number of hydrogen-bond donors (Lipinski definition) is 2. The van der Waals surface area contributed by atoms with Crippen LogP contribution in [0.1, 0.15) is 28.3 Å². The first-order valence-corrected chi connectivity index (χ1v) is 13.9. The van der Waals surface area contributed by atoms with Gasteiger partial charge in [0.15, 0.2) is 0 Å². The predicted molar refractivity (Wildman–Crippen MR) is 166 cm³/mol. The number of hydrogen-bond acceptors (Lipinski definition) is 6. The van der Waals surface area contributed by atoms with Gasteiger partial charge in [-0.05, 0) is 107 Å². The monoisotopic (exact) mass is 544 g/mol. The SMILES string of the molecule is C1=CNC(c2ccccn2)(c2cc(-c3ccc(C4=CC(c5ccccn5)(c5ccccn5)NC=C4)cc3)ccn2)C=C1. The van der Waals surface area contributed by atoms with Gasteiger partial charge in [0, 0.05) is 24.8 Å². The Morgan fingerprint density at radius 3 is 1.67 bits per heavy atom. The molecule has 0 bridgehead atoms. The Morgan fingerprint density at radius 1 is 0.476 bits per heavy atom. The highest BCUT2D eigenvalue weighted by Gasteiger charge is 2.36. The number of nitrogens with one attached hydrogen (secondary N) is 2. The standard InChI is InChI=1S/C36H28N6/c1-5-19-37-31(9-1)35(18-4-8-22-41-35)34-25-29(16-23-40-34)27-12-14-28(15-13-27)30-17-24-42-36(26-30,32-10-2-6-20-38-32)33-11-3-7-21-39-33/h1-26,41-42H. The smallest absolute Gasteiger partial charge is 0.141 e. The molecule has 1 unspecified atom stereocenters. The molecule has 0 amide bonds. The van der Waals surface area contributed by atoms with E-state index in [1.165, 1.54) is 0 Å². The third kappa shape index (κ3) is 4.49. The number of nitrogens with zero attached hydrogens (tertiary/aromatic N) is 4. The molecule has 5 aromatic rings. The summed E-state index contributed by atoms with van der Waals surface area (Å²) in [6.07, 6.45) is 21.7. The van der Waals surface area contributed by atoms with Crippen molar-refractivity contribution in [3.05, 3.63) is 187 Å². The summed E-state index contributed by atoms with van der Waals surface area (Å²) in [4.78, 5) is 18.8. The van der Waals surface area contributed by atoms with E-state index in [2.05, 4.69) is 64.2 Å². The molecule has 6 nitrogen and oxygen atoms in total. The van der Waals surface area contributed by atoms with Gasteiger partial charge in [0.1, 0.15) is 11.1 Å². The third-order valence-corrected chi connectivity index (χ3v) is 7.73. The molecule has 0 fully saturated rings. The fourth-order valence-corrected chi connectivity index (χ4v) is 5.59. The second-order valence-corrected chi connectivity index (χ2v) is 10.2. The molecule has 0 saturated carbocycles. The average Bonchev–Trinajstić information content (AvgIpc) is 3.10. The van der Waals surface area contributed by atoms with Crippen molar-refractivity contribution in [1.29, 1.82) is 0 Å². The summed E-state index contributed by atoms with van der Waals surface area (Å²) in [5.74, 6) is 0. The zero-order chi connectivity index (χ0) is 28.2. The van der Waals surface area contributed by atoms with Gasteiger partial charge in [0.25, 0.3) is 0 Å². The van der Waals surface area contributed by atoms with Crippen molar-refractivity contribution < 1.29 is 0 Å². The quantitative estimate of drug-likeness (QED) is 0.262. The van der Waals surface area contributed by atoms with Crippen LogP contribution >= 0.6 is 0 Å². The van der Waals surface area contributed by atoms with E-state index < -0.39 is 11.1 Å². The second-order valence-electron chi connectivity index (χ2n) is 10.2. The summed E-state index contributed by atoms with van der Waals surface area (Å²) in [7, 11) is 0. The van der Waals surface area contributed by atoms with E-state index in [-0.39, 0.29) is 0 Å². The minimum atomic E-state index is -0.681. The van der Waals surface area contributed by atoms with Gasteiger partial charge < -0.3 is 10.6 Å². The van der Waals surface area contributed by atoms with E-state index in [4.69, 9.17) is 15.0 Å². The number of pyridine rings is 4. The predicted octanol–water partition coefficient (Wildman–Crippen LogP) is 6.29. The number of allylic oxidation sites excluding steroid dienone is 4. The van der Waals surface area contributed by atoms with Gasteiger partial charge in [0.05, 0.1) is 22.8 Å². The van der Waals surface area contributed by atoms with Gasteiger partial charge in [-0.3, -0.25) is 19.9 Å². The van der Waals surface area contributed by atoms with Gasteiger partial charge in [-0.25, -0.2) is 0 Å².